The van der Waals surface area contributed by atoms with Crippen LogP contribution in [0.1, 0.15) is 10.4 Å². The van der Waals surface area contributed by atoms with Crippen molar-refractivity contribution in [2.75, 3.05) is 10.7 Å². The van der Waals surface area contributed by atoms with Gasteiger partial charge in [-0.25, -0.2) is 10.8 Å². The molecular formula is C12H8Cl4N4O. The molecule has 0 aliphatic carbocycles. The highest BCUT2D eigenvalue weighted by Gasteiger charge is 2.14. The zero-order valence-electron chi connectivity index (χ0n) is 10.3. The second-order valence-electron chi connectivity index (χ2n) is 3.90. The Hall–Kier alpha value is -1.24. The number of nitrogen functional groups attached to an aromatic ring is 1. The number of nitrogens with zero attached hydrogens (tertiary/aromatic N) is 1. The van der Waals surface area contributed by atoms with Gasteiger partial charge in [0.2, 0.25) is 0 Å². The molecule has 0 bridgehead atoms. The van der Waals surface area contributed by atoms with Gasteiger partial charge >= 0.3 is 0 Å². The van der Waals surface area contributed by atoms with Gasteiger partial charge in [-0.1, -0.05) is 46.4 Å². The molecule has 0 radical (unpaired) electrons. The van der Waals surface area contributed by atoms with Crippen LogP contribution in [0, 0.1) is 0 Å². The van der Waals surface area contributed by atoms with E-state index in [1.54, 1.807) is 0 Å². The molecule has 0 atom stereocenters. The van der Waals surface area contributed by atoms with E-state index in [0.29, 0.717) is 5.02 Å². The Morgan fingerprint density at radius 2 is 1.67 bits per heavy atom. The molecule has 1 amide bonds. The fourth-order valence-corrected chi connectivity index (χ4v) is 2.65. The van der Waals surface area contributed by atoms with Crippen molar-refractivity contribution in [3.05, 3.63) is 50.0 Å². The average Bonchev–Trinajstić information content (AvgIpc) is 2.42. The summed E-state index contributed by atoms with van der Waals surface area (Å²) in [5.41, 5.74) is 2.78. The van der Waals surface area contributed by atoms with Crippen molar-refractivity contribution in [2.45, 2.75) is 0 Å². The third kappa shape index (κ3) is 3.70. The first-order valence-corrected chi connectivity index (χ1v) is 7.01. The molecule has 2 aromatic rings. The number of pyridine rings is 1. The van der Waals surface area contributed by atoms with Crippen LogP contribution in [0.25, 0.3) is 0 Å². The summed E-state index contributed by atoms with van der Waals surface area (Å²) >= 11 is 23.7. The zero-order valence-corrected chi connectivity index (χ0v) is 13.3. The van der Waals surface area contributed by atoms with Gasteiger partial charge in [-0.15, -0.1) is 0 Å². The number of nitrogens with two attached hydrogens (primary N) is 1. The molecule has 0 aliphatic rings. The van der Waals surface area contributed by atoms with Crippen molar-refractivity contribution < 1.29 is 4.79 Å². The minimum atomic E-state index is -0.473. The molecule has 0 fully saturated rings. The lowest BCUT2D eigenvalue weighted by molar-refractivity contribution is 0.102. The Kier molecular flexibility index (Phi) is 5.13. The molecule has 4 N–H and O–H groups in total. The van der Waals surface area contributed by atoms with Crippen LogP contribution in [-0.2, 0) is 0 Å². The molecular weight excluding hydrogens is 358 g/mol. The molecule has 5 nitrogen and oxygen atoms in total. The fourth-order valence-electron chi connectivity index (χ4n) is 1.52. The molecule has 21 heavy (non-hydrogen) atoms. The third-order valence-electron chi connectivity index (χ3n) is 2.49. The summed E-state index contributed by atoms with van der Waals surface area (Å²) in [5, 5.41) is 3.59. The minimum absolute atomic E-state index is 0.207. The van der Waals surface area contributed by atoms with Crippen LogP contribution in [0.4, 0.5) is 11.5 Å². The van der Waals surface area contributed by atoms with E-state index in [-0.39, 0.29) is 32.1 Å². The molecule has 9 heteroatoms. The Bertz CT molecular complexity index is 685. The van der Waals surface area contributed by atoms with Crippen LogP contribution in [-0.4, -0.2) is 10.9 Å². The first kappa shape index (κ1) is 16.1. The Morgan fingerprint density at radius 1 is 1.05 bits per heavy atom. The van der Waals surface area contributed by atoms with Crippen LogP contribution in [0.5, 0.6) is 0 Å². The summed E-state index contributed by atoms with van der Waals surface area (Å²) in [5.74, 6) is 5.00. The van der Waals surface area contributed by atoms with Crippen LogP contribution < -0.4 is 16.6 Å². The lowest BCUT2D eigenvalue weighted by Gasteiger charge is -2.10. The van der Waals surface area contributed by atoms with Crippen molar-refractivity contribution in [3.63, 3.8) is 0 Å². The summed E-state index contributed by atoms with van der Waals surface area (Å²) in [6.45, 7) is 0. The van der Waals surface area contributed by atoms with E-state index in [1.807, 2.05) is 0 Å². The van der Waals surface area contributed by atoms with Crippen molar-refractivity contribution >= 4 is 63.8 Å². The van der Waals surface area contributed by atoms with Gasteiger partial charge in [0.1, 0.15) is 0 Å². The summed E-state index contributed by atoms with van der Waals surface area (Å²) in [4.78, 5) is 16.0. The van der Waals surface area contributed by atoms with E-state index >= 15 is 0 Å². The van der Waals surface area contributed by atoms with Gasteiger partial charge in [-0.3, -0.25) is 4.79 Å². The standard InChI is InChI=1S/C12H8Cl4N4O/c13-6-2-7(14)10(8(15)3-6)19-12(21)5-1-9(16)11(20-17)18-4-5/h1-4H,17H2,(H,18,20)(H,19,21). The van der Waals surface area contributed by atoms with Crippen molar-refractivity contribution in [1.82, 2.24) is 4.98 Å². The second kappa shape index (κ2) is 6.68. The van der Waals surface area contributed by atoms with Crippen LogP contribution in [0.15, 0.2) is 24.4 Å². The maximum atomic E-state index is 12.1. The molecule has 1 heterocycles. The minimum Gasteiger partial charge on any atom is -0.319 e. The van der Waals surface area contributed by atoms with Gasteiger partial charge in [0.15, 0.2) is 5.82 Å². The van der Waals surface area contributed by atoms with Crippen LogP contribution >= 0.6 is 46.4 Å². The number of aromatic nitrogens is 1. The van der Waals surface area contributed by atoms with E-state index in [9.17, 15) is 4.79 Å². The Labute approximate surface area is 140 Å². The number of carbonyl (C=O) groups is 1. The molecule has 2 rings (SSSR count). The normalized spacial score (nSPS) is 10.3. The number of halogens is 4. The van der Waals surface area contributed by atoms with Gasteiger partial charge in [-0.05, 0) is 18.2 Å². The van der Waals surface area contributed by atoms with Crippen molar-refractivity contribution in [2.24, 2.45) is 5.84 Å². The number of amides is 1. The number of hydrazine groups is 1. The third-order valence-corrected chi connectivity index (χ3v) is 3.59. The first-order chi connectivity index (χ1) is 9.92. The van der Waals surface area contributed by atoms with Gasteiger partial charge < -0.3 is 10.7 Å². The molecule has 1 aromatic heterocycles. The monoisotopic (exact) mass is 364 g/mol. The summed E-state index contributed by atoms with van der Waals surface area (Å²) in [6.07, 6.45) is 1.31. The second-order valence-corrected chi connectivity index (χ2v) is 5.56. The van der Waals surface area contributed by atoms with Gasteiger partial charge in [0, 0.05) is 11.2 Å². The quantitative estimate of drug-likeness (QED) is 0.561. The number of carbonyl (C=O) groups excluding carboxylic acids is 1. The number of anilines is 2. The maximum Gasteiger partial charge on any atom is 0.257 e. The number of rotatable bonds is 3. The number of hydrogen-bond acceptors (Lipinski definition) is 4. The lowest BCUT2D eigenvalue weighted by Crippen LogP contribution is -2.14. The van der Waals surface area contributed by atoms with Crippen molar-refractivity contribution in [3.8, 4) is 0 Å². The maximum absolute atomic E-state index is 12.1. The molecule has 0 aliphatic heterocycles. The van der Waals surface area contributed by atoms with E-state index in [2.05, 4.69) is 15.7 Å². The predicted octanol–water partition coefficient (Wildman–Crippen LogP) is 4.23. The highest BCUT2D eigenvalue weighted by molar-refractivity contribution is 6.42. The molecule has 0 spiro atoms. The van der Waals surface area contributed by atoms with Crippen LogP contribution in [0.3, 0.4) is 0 Å². The van der Waals surface area contributed by atoms with E-state index in [4.69, 9.17) is 52.2 Å². The number of nitrogens with one attached hydrogen (secondary N) is 2. The summed E-state index contributed by atoms with van der Waals surface area (Å²) in [7, 11) is 0. The highest BCUT2D eigenvalue weighted by atomic mass is 35.5. The summed E-state index contributed by atoms with van der Waals surface area (Å²) in [6, 6.07) is 4.35. The predicted molar refractivity (Wildman–Crippen MR) is 86.5 cm³/mol. The molecule has 0 saturated carbocycles. The number of hydrogen-bond donors (Lipinski definition) is 3. The van der Waals surface area contributed by atoms with E-state index < -0.39 is 5.91 Å². The SMILES string of the molecule is NNc1ncc(C(=O)Nc2c(Cl)cc(Cl)cc2Cl)cc1Cl. The molecule has 0 unspecified atom stereocenters. The van der Waals surface area contributed by atoms with E-state index in [1.165, 1.54) is 24.4 Å². The average molecular weight is 366 g/mol. The van der Waals surface area contributed by atoms with Crippen LogP contribution in [0.2, 0.25) is 20.1 Å². The van der Waals surface area contributed by atoms with Crippen molar-refractivity contribution in [1.29, 1.82) is 0 Å². The molecule has 110 valence electrons. The van der Waals surface area contributed by atoms with E-state index in [0.717, 1.165) is 0 Å². The Morgan fingerprint density at radius 3 is 2.19 bits per heavy atom. The first-order valence-electron chi connectivity index (χ1n) is 5.50. The number of benzene rings is 1. The smallest absolute Gasteiger partial charge is 0.257 e. The fraction of sp³-hybridized carbons (Fsp3) is 0. The molecule has 0 saturated heterocycles. The lowest BCUT2D eigenvalue weighted by atomic mass is 10.2. The van der Waals surface area contributed by atoms with Gasteiger partial charge in [-0.2, -0.15) is 0 Å². The topological polar surface area (TPSA) is 80.0 Å². The summed E-state index contributed by atoms with van der Waals surface area (Å²) < 4.78 is 0. The largest absolute Gasteiger partial charge is 0.319 e. The highest BCUT2D eigenvalue weighted by Crippen LogP contribution is 2.34. The molecule has 1 aromatic carbocycles. The Balaban J connectivity index is 2.28. The van der Waals surface area contributed by atoms with Gasteiger partial charge in [0.25, 0.3) is 5.91 Å². The van der Waals surface area contributed by atoms with Gasteiger partial charge in [0.05, 0.1) is 26.3 Å². The zero-order chi connectivity index (χ0) is 15.6.